The van der Waals surface area contributed by atoms with Crippen LogP contribution in [0.2, 0.25) is 0 Å². The van der Waals surface area contributed by atoms with E-state index in [4.69, 9.17) is 4.74 Å². The molecule has 0 aromatic rings. The molecule has 0 bridgehead atoms. The zero-order valence-electron chi connectivity index (χ0n) is 31.3. The number of rotatable bonds is 39. The lowest BCUT2D eigenvalue weighted by Crippen LogP contribution is -2.05. The van der Waals surface area contributed by atoms with Crippen LogP contribution in [0, 0.1) is 0 Å². The molecule has 2 nitrogen and oxygen atoms in total. The molecule has 0 amide bonds. The fraction of sp³-hybridized carbons (Fsp3) is 0.930. The van der Waals surface area contributed by atoms with Crippen molar-refractivity contribution in [3.05, 3.63) is 12.2 Å². The van der Waals surface area contributed by atoms with Gasteiger partial charge in [0, 0.05) is 6.42 Å². The first kappa shape index (κ1) is 44.2. The summed E-state index contributed by atoms with van der Waals surface area (Å²) in [6.45, 7) is 5.21. The van der Waals surface area contributed by atoms with Crippen molar-refractivity contribution < 1.29 is 9.53 Å². The van der Waals surface area contributed by atoms with Gasteiger partial charge in [-0.15, -0.1) is 0 Å². The van der Waals surface area contributed by atoms with Crippen molar-refractivity contribution >= 4 is 5.97 Å². The van der Waals surface area contributed by atoms with Gasteiger partial charge >= 0.3 is 5.97 Å². The predicted octanol–water partition coefficient (Wildman–Crippen LogP) is 15.6. The van der Waals surface area contributed by atoms with E-state index in [1.54, 1.807) is 0 Å². The van der Waals surface area contributed by atoms with E-state index in [1.165, 1.54) is 218 Å². The van der Waals surface area contributed by atoms with E-state index in [-0.39, 0.29) is 5.97 Å². The van der Waals surface area contributed by atoms with Crippen LogP contribution in [0.5, 0.6) is 0 Å². The third-order valence-corrected chi connectivity index (χ3v) is 9.65. The summed E-state index contributed by atoms with van der Waals surface area (Å²) in [5.74, 6) is 0.0240. The second-order valence-electron chi connectivity index (χ2n) is 14.3. The fourth-order valence-corrected chi connectivity index (χ4v) is 6.49. The van der Waals surface area contributed by atoms with Gasteiger partial charge in [-0.1, -0.05) is 219 Å². The quantitative estimate of drug-likeness (QED) is 0.0383. The molecule has 0 aromatic heterocycles. The largest absolute Gasteiger partial charge is 0.466 e. The molecular weight excluding hydrogens is 548 g/mol. The molecule has 0 spiro atoms. The summed E-state index contributed by atoms with van der Waals surface area (Å²) in [5, 5.41) is 0. The summed E-state index contributed by atoms with van der Waals surface area (Å²) in [6, 6.07) is 0. The van der Waals surface area contributed by atoms with Gasteiger partial charge in [-0.05, 0) is 38.5 Å². The minimum atomic E-state index is 0.0240. The first-order valence-electron chi connectivity index (χ1n) is 21.1. The molecule has 0 atom stereocenters. The van der Waals surface area contributed by atoms with E-state index in [0.29, 0.717) is 13.0 Å². The van der Waals surface area contributed by atoms with Gasteiger partial charge in [-0.2, -0.15) is 0 Å². The molecule has 2 heteroatoms. The lowest BCUT2D eigenvalue weighted by atomic mass is 10.0. The van der Waals surface area contributed by atoms with Crippen LogP contribution in [0.25, 0.3) is 0 Å². The SMILES string of the molecule is CCCCCCCCC=CCCCCCCCCCC(=O)OCCCCCCCCCCCCCCCCCCCCCCC. The number of unbranched alkanes of at least 4 members (excludes halogenated alkanes) is 33. The minimum absolute atomic E-state index is 0.0240. The van der Waals surface area contributed by atoms with Crippen LogP contribution >= 0.6 is 0 Å². The number of carbonyl (C=O) groups excluding carboxylic acids is 1. The van der Waals surface area contributed by atoms with Crippen LogP contribution in [0.15, 0.2) is 12.2 Å². The molecule has 0 saturated heterocycles. The van der Waals surface area contributed by atoms with Gasteiger partial charge in [0.15, 0.2) is 0 Å². The topological polar surface area (TPSA) is 26.3 Å². The van der Waals surface area contributed by atoms with Crippen molar-refractivity contribution in [3.8, 4) is 0 Å². The van der Waals surface area contributed by atoms with Gasteiger partial charge in [0.05, 0.1) is 6.61 Å². The van der Waals surface area contributed by atoms with Crippen LogP contribution in [0.3, 0.4) is 0 Å². The number of ether oxygens (including phenoxy) is 1. The zero-order valence-corrected chi connectivity index (χ0v) is 31.3. The molecule has 0 aliphatic carbocycles. The summed E-state index contributed by atoms with van der Waals surface area (Å²) < 4.78 is 5.47. The zero-order chi connectivity index (χ0) is 32.6. The van der Waals surface area contributed by atoms with E-state index in [2.05, 4.69) is 26.0 Å². The molecule has 0 heterocycles. The second-order valence-corrected chi connectivity index (χ2v) is 14.3. The van der Waals surface area contributed by atoms with E-state index >= 15 is 0 Å². The van der Waals surface area contributed by atoms with Gasteiger partial charge in [-0.25, -0.2) is 0 Å². The van der Waals surface area contributed by atoms with Crippen LogP contribution in [-0.2, 0) is 9.53 Å². The Bertz CT molecular complexity index is 568. The lowest BCUT2D eigenvalue weighted by Gasteiger charge is -2.06. The Kier molecular flexibility index (Phi) is 40.5. The molecule has 0 radical (unpaired) electrons. The molecular formula is C43H84O2. The number of hydrogen-bond donors (Lipinski definition) is 0. The molecule has 0 unspecified atom stereocenters. The maximum absolute atomic E-state index is 12.0. The average molecular weight is 633 g/mol. The number of hydrogen-bond acceptors (Lipinski definition) is 2. The third-order valence-electron chi connectivity index (χ3n) is 9.65. The highest BCUT2D eigenvalue weighted by Gasteiger charge is 2.03. The number of esters is 1. The summed E-state index contributed by atoms with van der Waals surface area (Å²) in [6.07, 6.45) is 54.5. The van der Waals surface area contributed by atoms with E-state index in [9.17, 15) is 4.79 Å². The summed E-state index contributed by atoms with van der Waals surface area (Å²) in [5.41, 5.74) is 0. The van der Waals surface area contributed by atoms with Crippen molar-refractivity contribution in [3.63, 3.8) is 0 Å². The Labute approximate surface area is 285 Å². The lowest BCUT2D eigenvalue weighted by molar-refractivity contribution is -0.143. The van der Waals surface area contributed by atoms with Gasteiger partial charge in [0.1, 0.15) is 0 Å². The first-order valence-corrected chi connectivity index (χ1v) is 21.1. The second kappa shape index (κ2) is 41.2. The minimum Gasteiger partial charge on any atom is -0.466 e. The maximum Gasteiger partial charge on any atom is 0.305 e. The first-order chi connectivity index (χ1) is 22.3. The molecule has 0 aliphatic heterocycles. The predicted molar refractivity (Wildman–Crippen MR) is 202 cm³/mol. The summed E-state index contributed by atoms with van der Waals surface area (Å²) in [7, 11) is 0. The Morgan fingerprint density at radius 2 is 0.622 bits per heavy atom. The van der Waals surface area contributed by atoms with Crippen molar-refractivity contribution in [1.82, 2.24) is 0 Å². The molecule has 45 heavy (non-hydrogen) atoms. The Morgan fingerprint density at radius 1 is 0.356 bits per heavy atom. The van der Waals surface area contributed by atoms with Crippen LogP contribution in [0.4, 0.5) is 0 Å². The smallest absolute Gasteiger partial charge is 0.305 e. The maximum atomic E-state index is 12.0. The Morgan fingerprint density at radius 3 is 0.956 bits per heavy atom. The van der Waals surface area contributed by atoms with Gasteiger partial charge in [-0.3, -0.25) is 4.79 Å². The normalized spacial score (nSPS) is 11.6. The van der Waals surface area contributed by atoms with Crippen LogP contribution in [-0.4, -0.2) is 12.6 Å². The van der Waals surface area contributed by atoms with Crippen LogP contribution in [0.1, 0.15) is 251 Å². The van der Waals surface area contributed by atoms with Gasteiger partial charge < -0.3 is 4.74 Å². The molecule has 0 aliphatic rings. The fourth-order valence-electron chi connectivity index (χ4n) is 6.49. The number of carbonyl (C=O) groups is 1. The highest BCUT2D eigenvalue weighted by atomic mass is 16.5. The molecule has 0 aromatic carbocycles. The summed E-state index contributed by atoms with van der Waals surface area (Å²) in [4.78, 5) is 12.0. The van der Waals surface area contributed by atoms with Gasteiger partial charge in [0.25, 0.3) is 0 Å². The number of allylic oxidation sites excluding steroid dienone is 2. The van der Waals surface area contributed by atoms with Crippen LogP contribution < -0.4 is 0 Å². The molecule has 0 rings (SSSR count). The molecule has 268 valence electrons. The van der Waals surface area contributed by atoms with E-state index in [0.717, 1.165) is 12.8 Å². The molecule has 0 saturated carbocycles. The highest BCUT2D eigenvalue weighted by molar-refractivity contribution is 5.69. The van der Waals surface area contributed by atoms with Crippen molar-refractivity contribution in [1.29, 1.82) is 0 Å². The van der Waals surface area contributed by atoms with Crippen molar-refractivity contribution in [2.75, 3.05) is 6.61 Å². The average Bonchev–Trinajstić information content (AvgIpc) is 3.05. The van der Waals surface area contributed by atoms with E-state index < -0.39 is 0 Å². The molecule has 0 fully saturated rings. The van der Waals surface area contributed by atoms with Crippen molar-refractivity contribution in [2.24, 2.45) is 0 Å². The standard InChI is InChI=1S/C43H84O2/c1-3-5-7-9-11-13-15-17-19-21-22-23-24-26-28-30-32-34-36-38-40-42-45-43(44)41-39-37-35-33-31-29-27-25-20-18-16-14-12-10-8-6-4-2/h18,20H,3-17,19,21-42H2,1-2H3. The van der Waals surface area contributed by atoms with Gasteiger partial charge in [0.2, 0.25) is 0 Å². The monoisotopic (exact) mass is 633 g/mol. The molecule has 0 N–H and O–H groups in total. The van der Waals surface area contributed by atoms with Crippen molar-refractivity contribution in [2.45, 2.75) is 251 Å². The summed E-state index contributed by atoms with van der Waals surface area (Å²) >= 11 is 0. The van der Waals surface area contributed by atoms with E-state index in [1.807, 2.05) is 0 Å². The highest BCUT2D eigenvalue weighted by Crippen LogP contribution is 2.16. The Balaban J connectivity index is 3.17. The Hall–Kier alpha value is -0.790. The third kappa shape index (κ3) is 41.2.